The number of benzene rings is 2. The Balaban J connectivity index is 2.07. The fourth-order valence-corrected chi connectivity index (χ4v) is 2.26. The second-order valence-corrected chi connectivity index (χ2v) is 5.84. The van der Waals surface area contributed by atoms with Gasteiger partial charge in [-0.25, -0.2) is 0 Å². The maximum Gasteiger partial charge on any atom is 0.282 e. The van der Waals surface area contributed by atoms with Crippen molar-refractivity contribution in [2.75, 3.05) is 5.32 Å². The molecule has 0 atom stereocenters. The molecule has 0 radical (unpaired) electrons. The monoisotopic (exact) mass is 427 g/mol. The van der Waals surface area contributed by atoms with Crippen LogP contribution in [-0.2, 0) is 0 Å². The molecule has 0 bridgehead atoms. The lowest BCUT2D eigenvalue weighted by molar-refractivity contribution is -0.385. The van der Waals surface area contributed by atoms with Crippen LogP contribution < -0.4 is 10.6 Å². The van der Waals surface area contributed by atoms with Gasteiger partial charge in [0.05, 0.1) is 4.92 Å². The molecule has 6 nitrogen and oxygen atoms in total. The molecule has 2 aromatic carbocycles. The molecule has 1 amide bonds. The smallest absolute Gasteiger partial charge is 0.282 e. The minimum Gasteiger partial charge on any atom is -0.332 e. The zero-order chi connectivity index (χ0) is 16.1. The zero-order valence-corrected chi connectivity index (χ0v) is 14.1. The predicted molar refractivity (Wildman–Crippen MR) is 95.9 cm³/mol. The van der Waals surface area contributed by atoms with Gasteiger partial charge in [0.2, 0.25) is 0 Å². The van der Waals surface area contributed by atoms with Crippen LogP contribution in [0.1, 0.15) is 10.4 Å². The molecular formula is C14H10IN3O3S. The molecular weight excluding hydrogens is 417 g/mol. The lowest BCUT2D eigenvalue weighted by Gasteiger charge is -2.09. The largest absolute Gasteiger partial charge is 0.332 e. The number of nitrogens with zero attached hydrogens (tertiary/aromatic N) is 1. The molecule has 0 unspecified atom stereocenters. The van der Waals surface area contributed by atoms with Crippen LogP contribution in [0.4, 0.5) is 11.4 Å². The van der Waals surface area contributed by atoms with Gasteiger partial charge in [-0.2, -0.15) is 0 Å². The fourth-order valence-electron chi connectivity index (χ4n) is 1.69. The molecule has 0 saturated carbocycles. The van der Waals surface area contributed by atoms with Crippen LogP contribution in [0, 0.1) is 13.7 Å². The lowest BCUT2D eigenvalue weighted by atomic mass is 10.1. The van der Waals surface area contributed by atoms with Gasteiger partial charge in [0.25, 0.3) is 11.6 Å². The van der Waals surface area contributed by atoms with Crippen molar-refractivity contribution in [3.63, 3.8) is 0 Å². The number of amides is 1. The van der Waals surface area contributed by atoms with E-state index in [1.807, 2.05) is 24.3 Å². The number of para-hydroxylation sites is 1. The molecule has 22 heavy (non-hydrogen) atoms. The molecule has 0 saturated heterocycles. The van der Waals surface area contributed by atoms with E-state index in [0.29, 0.717) is 5.69 Å². The summed E-state index contributed by atoms with van der Waals surface area (Å²) >= 11 is 7.21. The van der Waals surface area contributed by atoms with Gasteiger partial charge < -0.3 is 5.32 Å². The van der Waals surface area contributed by atoms with Crippen molar-refractivity contribution >= 4 is 57.2 Å². The van der Waals surface area contributed by atoms with E-state index in [4.69, 9.17) is 12.2 Å². The molecule has 8 heteroatoms. The Bertz CT molecular complexity index is 734. The molecule has 0 fully saturated rings. The van der Waals surface area contributed by atoms with Crippen LogP contribution in [0.25, 0.3) is 0 Å². The first-order valence-electron chi connectivity index (χ1n) is 6.08. The summed E-state index contributed by atoms with van der Waals surface area (Å²) in [6.45, 7) is 0. The highest BCUT2D eigenvalue weighted by Gasteiger charge is 2.19. The lowest BCUT2D eigenvalue weighted by Crippen LogP contribution is -2.34. The highest BCUT2D eigenvalue weighted by molar-refractivity contribution is 14.1. The summed E-state index contributed by atoms with van der Waals surface area (Å²) in [6, 6.07) is 13.1. The van der Waals surface area contributed by atoms with Crippen LogP contribution in [0.3, 0.4) is 0 Å². The van der Waals surface area contributed by atoms with E-state index in [-0.39, 0.29) is 16.4 Å². The minimum atomic E-state index is -0.629. The molecule has 0 aliphatic heterocycles. The van der Waals surface area contributed by atoms with Crippen LogP contribution in [-0.4, -0.2) is 15.9 Å². The highest BCUT2D eigenvalue weighted by atomic mass is 127. The van der Waals surface area contributed by atoms with Crippen LogP contribution in [0.5, 0.6) is 0 Å². The Hall–Kier alpha value is -2.07. The third-order valence-electron chi connectivity index (χ3n) is 2.67. The van der Waals surface area contributed by atoms with Crippen molar-refractivity contribution in [2.24, 2.45) is 0 Å². The molecule has 2 aromatic rings. The fraction of sp³-hybridized carbons (Fsp3) is 0. The van der Waals surface area contributed by atoms with Crippen molar-refractivity contribution in [1.82, 2.24) is 5.32 Å². The number of carbonyl (C=O) groups is 1. The summed E-state index contributed by atoms with van der Waals surface area (Å²) in [5.74, 6) is -0.629. The Labute approximate surface area is 145 Å². The number of carbonyl (C=O) groups excluding carboxylic acids is 1. The number of anilines is 1. The standard InChI is InChI=1S/C14H10IN3O3S/c15-9-5-7-10(8-6-9)16-14(22)17-13(19)11-3-1-2-4-12(11)18(20)21/h1-8H,(H2,16,17,19,22). The summed E-state index contributed by atoms with van der Waals surface area (Å²) < 4.78 is 1.07. The van der Waals surface area contributed by atoms with Crippen molar-refractivity contribution < 1.29 is 9.72 Å². The number of rotatable bonds is 3. The summed E-state index contributed by atoms with van der Waals surface area (Å²) in [4.78, 5) is 22.4. The van der Waals surface area contributed by atoms with E-state index in [1.54, 1.807) is 6.07 Å². The molecule has 112 valence electrons. The second kappa shape index (κ2) is 7.27. The molecule has 2 N–H and O–H groups in total. The quantitative estimate of drug-likeness (QED) is 0.340. The summed E-state index contributed by atoms with van der Waals surface area (Å²) in [5, 5.41) is 16.3. The van der Waals surface area contributed by atoms with E-state index in [1.165, 1.54) is 18.2 Å². The minimum absolute atomic E-state index is 0.0424. The van der Waals surface area contributed by atoms with Gasteiger partial charge in [0.15, 0.2) is 5.11 Å². The Morgan fingerprint density at radius 2 is 1.77 bits per heavy atom. The number of hydrogen-bond donors (Lipinski definition) is 2. The first kappa shape index (κ1) is 16.3. The normalized spacial score (nSPS) is 9.86. The van der Waals surface area contributed by atoms with Gasteiger partial charge in [0, 0.05) is 15.3 Å². The number of nitro benzene ring substituents is 1. The van der Waals surface area contributed by atoms with Gasteiger partial charge >= 0.3 is 0 Å². The zero-order valence-electron chi connectivity index (χ0n) is 11.1. The van der Waals surface area contributed by atoms with E-state index >= 15 is 0 Å². The van der Waals surface area contributed by atoms with Crippen molar-refractivity contribution in [1.29, 1.82) is 0 Å². The average molecular weight is 427 g/mol. The van der Waals surface area contributed by atoms with Gasteiger partial charge in [-0.15, -0.1) is 0 Å². The third-order valence-corrected chi connectivity index (χ3v) is 3.60. The van der Waals surface area contributed by atoms with Gasteiger partial charge in [-0.1, -0.05) is 12.1 Å². The van der Waals surface area contributed by atoms with Crippen LogP contribution >= 0.6 is 34.8 Å². The second-order valence-electron chi connectivity index (χ2n) is 4.19. The first-order valence-corrected chi connectivity index (χ1v) is 7.57. The molecule has 0 aliphatic carbocycles. The Morgan fingerprint density at radius 3 is 2.41 bits per heavy atom. The van der Waals surface area contributed by atoms with Gasteiger partial charge in [-0.05, 0) is 65.1 Å². The average Bonchev–Trinajstić information content (AvgIpc) is 2.49. The molecule has 0 heterocycles. The van der Waals surface area contributed by atoms with Gasteiger partial charge in [0.1, 0.15) is 5.56 Å². The molecule has 0 aromatic heterocycles. The van der Waals surface area contributed by atoms with E-state index in [2.05, 4.69) is 33.2 Å². The molecule has 2 rings (SSSR count). The van der Waals surface area contributed by atoms with Crippen LogP contribution in [0.15, 0.2) is 48.5 Å². The maximum atomic E-state index is 12.1. The Morgan fingerprint density at radius 1 is 1.14 bits per heavy atom. The van der Waals surface area contributed by atoms with E-state index < -0.39 is 10.8 Å². The van der Waals surface area contributed by atoms with Crippen molar-refractivity contribution in [3.05, 3.63) is 67.8 Å². The highest BCUT2D eigenvalue weighted by Crippen LogP contribution is 2.17. The summed E-state index contributed by atoms with van der Waals surface area (Å²) in [5.41, 5.74) is 0.407. The molecule has 0 aliphatic rings. The summed E-state index contributed by atoms with van der Waals surface area (Å²) in [6.07, 6.45) is 0. The number of hydrogen-bond acceptors (Lipinski definition) is 4. The number of halogens is 1. The third kappa shape index (κ3) is 4.21. The Kier molecular flexibility index (Phi) is 5.39. The SMILES string of the molecule is O=C(NC(=S)Nc1ccc(I)cc1)c1ccccc1[N+](=O)[O-]. The predicted octanol–water partition coefficient (Wildman–Crippen LogP) is 3.33. The number of thiocarbonyl (C=S) groups is 1. The maximum absolute atomic E-state index is 12.1. The first-order chi connectivity index (χ1) is 10.5. The van der Waals surface area contributed by atoms with Crippen molar-refractivity contribution in [3.8, 4) is 0 Å². The van der Waals surface area contributed by atoms with Crippen LogP contribution in [0.2, 0.25) is 0 Å². The number of nitro groups is 1. The topological polar surface area (TPSA) is 84.3 Å². The number of nitrogens with one attached hydrogen (secondary N) is 2. The van der Waals surface area contributed by atoms with E-state index in [9.17, 15) is 14.9 Å². The van der Waals surface area contributed by atoms with Crippen molar-refractivity contribution in [2.45, 2.75) is 0 Å². The molecule has 0 spiro atoms. The van der Waals surface area contributed by atoms with E-state index in [0.717, 1.165) is 3.57 Å². The van der Waals surface area contributed by atoms with Gasteiger partial charge in [-0.3, -0.25) is 20.2 Å². The summed E-state index contributed by atoms with van der Waals surface area (Å²) in [7, 11) is 0.